The number of hydrogen-bond donors (Lipinski definition) is 2. The van der Waals surface area contributed by atoms with Gasteiger partial charge in [0, 0.05) is 24.2 Å². The number of aryl methyl sites for hydroxylation is 2. The normalized spacial score (nSPS) is 13.4. The molecule has 0 aliphatic heterocycles. The summed E-state index contributed by atoms with van der Waals surface area (Å²) in [6.45, 7) is 1.08. The Hall–Kier alpha value is -2.46. The van der Waals surface area contributed by atoms with Crippen molar-refractivity contribution in [2.45, 2.75) is 32.4 Å². The molecule has 0 unspecified atom stereocenters. The number of nitrogens with one attached hydrogen (secondary N) is 2. The first kappa shape index (κ1) is 15.1. The van der Waals surface area contributed by atoms with Crippen molar-refractivity contribution in [3.8, 4) is 0 Å². The van der Waals surface area contributed by atoms with Crippen LogP contribution in [0.4, 0.5) is 4.39 Å². The minimum atomic E-state index is -0.239. The third-order valence-corrected chi connectivity index (χ3v) is 4.69. The van der Waals surface area contributed by atoms with E-state index in [2.05, 4.69) is 22.4 Å². The first-order valence-electron chi connectivity index (χ1n) is 8.32. The zero-order chi connectivity index (χ0) is 16.5. The highest BCUT2D eigenvalue weighted by Crippen LogP contribution is 2.26. The third-order valence-electron chi connectivity index (χ3n) is 4.69. The molecule has 2 aromatic carbocycles. The van der Waals surface area contributed by atoms with Crippen molar-refractivity contribution in [2.75, 3.05) is 0 Å². The van der Waals surface area contributed by atoms with Crippen LogP contribution in [0.2, 0.25) is 0 Å². The lowest BCUT2D eigenvalue weighted by molar-refractivity contribution is 0.624. The van der Waals surface area contributed by atoms with Gasteiger partial charge in [-0.3, -0.25) is 4.79 Å². The zero-order valence-electron chi connectivity index (χ0n) is 13.4. The molecule has 0 saturated carbocycles. The Kier molecular flexibility index (Phi) is 3.90. The molecule has 1 aromatic heterocycles. The van der Waals surface area contributed by atoms with Crippen LogP contribution in [0.15, 0.2) is 47.3 Å². The molecule has 0 bridgehead atoms. The van der Waals surface area contributed by atoms with Crippen molar-refractivity contribution in [1.29, 1.82) is 0 Å². The summed E-state index contributed by atoms with van der Waals surface area (Å²) in [5, 5.41) is 4.34. The maximum atomic E-state index is 12.9. The Morgan fingerprint density at radius 1 is 1.00 bits per heavy atom. The van der Waals surface area contributed by atoms with E-state index in [1.807, 2.05) is 6.07 Å². The van der Waals surface area contributed by atoms with Gasteiger partial charge in [0.05, 0.1) is 0 Å². The van der Waals surface area contributed by atoms with E-state index >= 15 is 0 Å². The van der Waals surface area contributed by atoms with E-state index in [9.17, 15) is 9.18 Å². The predicted octanol–water partition coefficient (Wildman–Crippen LogP) is 3.45. The van der Waals surface area contributed by atoms with Gasteiger partial charge in [-0.2, -0.15) is 0 Å². The van der Waals surface area contributed by atoms with E-state index in [0.29, 0.717) is 13.1 Å². The lowest BCUT2D eigenvalue weighted by Gasteiger charge is -2.08. The molecule has 1 heterocycles. The quantitative estimate of drug-likeness (QED) is 0.773. The summed E-state index contributed by atoms with van der Waals surface area (Å²) in [5.74, 6) is -0.239. The summed E-state index contributed by atoms with van der Waals surface area (Å²) in [4.78, 5) is 15.3. The minimum absolute atomic E-state index is 0.0490. The molecule has 0 atom stereocenters. The van der Waals surface area contributed by atoms with Crippen LogP contribution in [-0.4, -0.2) is 4.98 Å². The van der Waals surface area contributed by atoms with E-state index < -0.39 is 0 Å². The number of fused-ring (bicyclic) bond motifs is 2. The van der Waals surface area contributed by atoms with Crippen molar-refractivity contribution in [3.63, 3.8) is 0 Å². The van der Waals surface area contributed by atoms with Crippen LogP contribution >= 0.6 is 0 Å². The Morgan fingerprint density at radius 2 is 1.75 bits per heavy atom. The lowest BCUT2D eigenvalue weighted by Crippen LogP contribution is -2.20. The van der Waals surface area contributed by atoms with Crippen LogP contribution in [0, 0.1) is 5.82 Å². The number of pyridine rings is 1. The molecule has 3 aromatic rings. The average Bonchev–Trinajstić information content (AvgIpc) is 3.02. The van der Waals surface area contributed by atoms with Gasteiger partial charge in [0.15, 0.2) is 0 Å². The SMILES string of the molecule is O=c1[nH]c2cc3c(cc2cc1CNCc1ccc(F)cc1)CCC3. The van der Waals surface area contributed by atoms with Crippen LogP contribution in [0.5, 0.6) is 0 Å². The predicted molar refractivity (Wildman–Crippen MR) is 93.5 cm³/mol. The summed E-state index contributed by atoms with van der Waals surface area (Å²) in [7, 11) is 0. The van der Waals surface area contributed by atoms with E-state index in [4.69, 9.17) is 0 Å². The van der Waals surface area contributed by atoms with E-state index in [-0.39, 0.29) is 11.4 Å². The minimum Gasteiger partial charge on any atom is -0.322 e. The monoisotopic (exact) mass is 322 g/mol. The molecule has 0 amide bonds. The Morgan fingerprint density at radius 3 is 2.54 bits per heavy atom. The molecular weight excluding hydrogens is 303 g/mol. The van der Waals surface area contributed by atoms with Crippen LogP contribution in [0.1, 0.15) is 28.7 Å². The standard InChI is InChI=1S/C20H19FN2O/c21-18-6-4-13(5-7-18)11-22-12-17-9-16-8-14-2-1-3-15(14)10-19(16)23-20(17)24/h4-10,22H,1-3,11-12H2,(H,23,24). The number of hydrogen-bond acceptors (Lipinski definition) is 2. The van der Waals surface area contributed by atoms with E-state index in [1.165, 1.54) is 29.7 Å². The Balaban J connectivity index is 1.53. The molecule has 4 rings (SSSR count). The maximum Gasteiger partial charge on any atom is 0.252 e. The second-order valence-electron chi connectivity index (χ2n) is 6.42. The molecule has 2 N–H and O–H groups in total. The van der Waals surface area contributed by atoms with E-state index in [1.54, 1.807) is 12.1 Å². The molecule has 1 aliphatic rings. The summed E-state index contributed by atoms with van der Waals surface area (Å²) in [5.41, 5.74) is 5.35. The Labute approximate surface area is 139 Å². The number of H-pyrrole nitrogens is 1. The fourth-order valence-electron chi connectivity index (χ4n) is 3.40. The van der Waals surface area contributed by atoms with Crippen molar-refractivity contribution in [2.24, 2.45) is 0 Å². The number of benzene rings is 2. The third kappa shape index (κ3) is 2.97. The van der Waals surface area contributed by atoms with Crippen LogP contribution in [0.3, 0.4) is 0 Å². The first-order valence-corrected chi connectivity index (χ1v) is 8.32. The zero-order valence-corrected chi connectivity index (χ0v) is 13.4. The first-order chi connectivity index (χ1) is 11.7. The molecule has 3 nitrogen and oxygen atoms in total. The van der Waals surface area contributed by atoms with Gasteiger partial charge < -0.3 is 10.3 Å². The van der Waals surface area contributed by atoms with Gasteiger partial charge in [0.1, 0.15) is 5.82 Å². The van der Waals surface area contributed by atoms with Crippen molar-refractivity contribution in [3.05, 3.63) is 80.9 Å². The average molecular weight is 322 g/mol. The molecule has 24 heavy (non-hydrogen) atoms. The fourth-order valence-corrected chi connectivity index (χ4v) is 3.40. The summed E-state index contributed by atoms with van der Waals surface area (Å²) in [6, 6.07) is 12.7. The van der Waals surface area contributed by atoms with Crippen LogP contribution < -0.4 is 10.9 Å². The molecule has 4 heteroatoms. The molecule has 0 fully saturated rings. The van der Waals surface area contributed by atoms with Gasteiger partial charge in [-0.15, -0.1) is 0 Å². The topological polar surface area (TPSA) is 44.9 Å². The fraction of sp³-hybridized carbons (Fsp3) is 0.250. The smallest absolute Gasteiger partial charge is 0.252 e. The van der Waals surface area contributed by atoms with Gasteiger partial charge >= 0.3 is 0 Å². The largest absolute Gasteiger partial charge is 0.322 e. The molecule has 0 radical (unpaired) electrons. The summed E-state index contributed by atoms with van der Waals surface area (Å²) in [6.07, 6.45) is 3.43. The molecule has 0 saturated heterocycles. The molecule has 122 valence electrons. The van der Waals surface area contributed by atoms with Gasteiger partial charge in [0.2, 0.25) is 0 Å². The highest BCUT2D eigenvalue weighted by Gasteiger charge is 2.13. The lowest BCUT2D eigenvalue weighted by atomic mass is 10.0. The number of halogens is 1. The van der Waals surface area contributed by atoms with Gasteiger partial charge in [-0.1, -0.05) is 12.1 Å². The second-order valence-corrected chi connectivity index (χ2v) is 6.42. The van der Waals surface area contributed by atoms with E-state index in [0.717, 1.165) is 34.9 Å². The number of rotatable bonds is 4. The van der Waals surface area contributed by atoms with Crippen LogP contribution in [0.25, 0.3) is 10.9 Å². The van der Waals surface area contributed by atoms with Crippen molar-refractivity contribution in [1.82, 2.24) is 10.3 Å². The molecule has 1 aliphatic carbocycles. The van der Waals surface area contributed by atoms with Gasteiger partial charge in [-0.25, -0.2) is 4.39 Å². The Bertz CT molecular complexity index is 944. The van der Waals surface area contributed by atoms with Crippen molar-refractivity contribution < 1.29 is 4.39 Å². The molecule has 0 spiro atoms. The highest BCUT2D eigenvalue weighted by molar-refractivity contribution is 5.81. The van der Waals surface area contributed by atoms with Crippen LogP contribution in [-0.2, 0) is 25.9 Å². The van der Waals surface area contributed by atoms with Gasteiger partial charge in [0.25, 0.3) is 5.56 Å². The highest BCUT2D eigenvalue weighted by atomic mass is 19.1. The number of aromatic nitrogens is 1. The summed E-state index contributed by atoms with van der Waals surface area (Å²) >= 11 is 0. The number of aromatic amines is 1. The molecular formula is C20H19FN2O. The summed E-state index contributed by atoms with van der Waals surface area (Å²) < 4.78 is 12.9. The van der Waals surface area contributed by atoms with Crippen molar-refractivity contribution >= 4 is 10.9 Å². The van der Waals surface area contributed by atoms with Gasteiger partial charge in [-0.05, 0) is 71.7 Å². The maximum absolute atomic E-state index is 12.9. The second kappa shape index (κ2) is 6.21.